The van der Waals surface area contributed by atoms with Crippen molar-refractivity contribution in [1.29, 1.82) is 0 Å². The van der Waals surface area contributed by atoms with Gasteiger partial charge >= 0.3 is 5.97 Å². The van der Waals surface area contributed by atoms with E-state index in [4.69, 9.17) is 16.3 Å². The molecular weight excluding hydrogens is 278 g/mol. The molecule has 0 aliphatic carbocycles. The van der Waals surface area contributed by atoms with Gasteiger partial charge in [-0.2, -0.15) is 0 Å². The second-order valence-electron chi connectivity index (χ2n) is 5.07. The van der Waals surface area contributed by atoms with Crippen molar-refractivity contribution in [1.82, 2.24) is 14.9 Å². The molecule has 1 aromatic rings. The number of ether oxygens (including phenoxy) is 1. The number of piperidine rings is 1. The summed E-state index contributed by atoms with van der Waals surface area (Å²) in [5.74, 6) is 0.573. The van der Waals surface area contributed by atoms with Crippen LogP contribution in [-0.2, 0) is 16.1 Å². The number of carbonyl (C=O) groups is 1. The molecule has 1 saturated heterocycles. The summed E-state index contributed by atoms with van der Waals surface area (Å²) in [4.78, 5) is 22.6. The topological polar surface area (TPSA) is 55.3 Å². The Balaban J connectivity index is 1.97. The summed E-state index contributed by atoms with van der Waals surface area (Å²) in [6.07, 6.45) is 1.88. The fourth-order valence-electron chi connectivity index (χ4n) is 2.51. The normalized spacial score (nSPS) is 19.9. The fourth-order valence-corrected chi connectivity index (χ4v) is 2.77. The van der Waals surface area contributed by atoms with Crippen molar-refractivity contribution in [2.45, 2.75) is 33.2 Å². The third-order valence-electron chi connectivity index (χ3n) is 3.36. The molecule has 0 amide bonds. The van der Waals surface area contributed by atoms with E-state index in [1.165, 1.54) is 0 Å². The summed E-state index contributed by atoms with van der Waals surface area (Å²) >= 11 is 5.94. The Morgan fingerprint density at radius 3 is 3.05 bits per heavy atom. The Morgan fingerprint density at radius 2 is 2.35 bits per heavy atom. The Bertz CT molecular complexity index is 461. The van der Waals surface area contributed by atoms with Gasteiger partial charge in [-0.05, 0) is 39.3 Å². The zero-order chi connectivity index (χ0) is 14.5. The maximum atomic E-state index is 11.8. The van der Waals surface area contributed by atoms with Crippen LogP contribution in [0.3, 0.4) is 0 Å². The van der Waals surface area contributed by atoms with Gasteiger partial charge in [-0.3, -0.25) is 9.69 Å². The summed E-state index contributed by atoms with van der Waals surface area (Å²) in [5.41, 5.74) is 0.860. The molecule has 20 heavy (non-hydrogen) atoms. The van der Waals surface area contributed by atoms with Gasteiger partial charge in [-0.15, -0.1) is 0 Å². The molecule has 2 heterocycles. The highest BCUT2D eigenvalue weighted by Gasteiger charge is 2.27. The van der Waals surface area contributed by atoms with Crippen molar-refractivity contribution in [2.24, 2.45) is 5.92 Å². The van der Waals surface area contributed by atoms with Crippen LogP contribution in [0.2, 0.25) is 5.15 Å². The minimum absolute atomic E-state index is 0.0380. The van der Waals surface area contributed by atoms with Crippen LogP contribution >= 0.6 is 11.6 Å². The van der Waals surface area contributed by atoms with Crippen LogP contribution in [0.25, 0.3) is 0 Å². The van der Waals surface area contributed by atoms with E-state index in [0.29, 0.717) is 30.7 Å². The number of hydrogen-bond donors (Lipinski definition) is 0. The van der Waals surface area contributed by atoms with Crippen LogP contribution in [0.1, 0.15) is 31.3 Å². The number of likely N-dealkylation sites (tertiary alicyclic amines) is 1. The van der Waals surface area contributed by atoms with Gasteiger partial charge in [0.1, 0.15) is 11.0 Å². The summed E-state index contributed by atoms with van der Waals surface area (Å²) < 4.78 is 5.10. The van der Waals surface area contributed by atoms with Gasteiger partial charge in [-0.1, -0.05) is 11.6 Å². The lowest BCUT2D eigenvalue weighted by Gasteiger charge is -2.30. The number of halogens is 1. The van der Waals surface area contributed by atoms with Crippen molar-refractivity contribution in [3.05, 3.63) is 22.7 Å². The van der Waals surface area contributed by atoms with Crippen LogP contribution < -0.4 is 0 Å². The lowest BCUT2D eigenvalue weighted by molar-refractivity contribution is -0.150. The zero-order valence-corrected chi connectivity index (χ0v) is 12.7. The van der Waals surface area contributed by atoms with Gasteiger partial charge < -0.3 is 4.74 Å². The monoisotopic (exact) mass is 297 g/mol. The number of rotatable bonds is 4. The van der Waals surface area contributed by atoms with Gasteiger partial charge in [0.15, 0.2) is 0 Å². The molecule has 110 valence electrons. The average molecular weight is 298 g/mol. The lowest BCUT2D eigenvalue weighted by Crippen LogP contribution is -2.39. The van der Waals surface area contributed by atoms with Crippen LogP contribution in [0, 0.1) is 12.8 Å². The van der Waals surface area contributed by atoms with E-state index in [-0.39, 0.29) is 11.9 Å². The van der Waals surface area contributed by atoms with Crippen LogP contribution in [0.5, 0.6) is 0 Å². The largest absolute Gasteiger partial charge is 0.466 e. The molecule has 1 aliphatic rings. The number of carbonyl (C=O) groups excluding carboxylic acids is 1. The Labute approximate surface area is 124 Å². The smallest absolute Gasteiger partial charge is 0.310 e. The van der Waals surface area contributed by atoms with E-state index < -0.39 is 0 Å². The van der Waals surface area contributed by atoms with Crippen LogP contribution in [0.15, 0.2) is 6.07 Å². The molecule has 0 saturated carbocycles. The van der Waals surface area contributed by atoms with Gasteiger partial charge in [-0.25, -0.2) is 9.97 Å². The molecule has 0 radical (unpaired) electrons. The number of esters is 1. The van der Waals surface area contributed by atoms with Gasteiger partial charge in [0, 0.05) is 12.2 Å². The molecule has 6 heteroatoms. The van der Waals surface area contributed by atoms with E-state index in [0.717, 1.165) is 25.1 Å². The highest BCUT2D eigenvalue weighted by molar-refractivity contribution is 6.29. The standard InChI is InChI=1S/C14H20ClN3O2/c1-3-20-14(19)11-5-4-6-18(8-11)9-13-16-10(2)7-12(15)17-13/h7,11H,3-6,8-9H2,1-2H3/t11-/m0/s1. The SMILES string of the molecule is CCOC(=O)[C@H]1CCCN(Cc2nc(C)cc(Cl)n2)C1. The minimum Gasteiger partial charge on any atom is -0.466 e. The van der Waals surface area contributed by atoms with E-state index in [1.54, 1.807) is 6.07 Å². The summed E-state index contributed by atoms with van der Waals surface area (Å²) in [6, 6.07) is 1.74. The molecule has 0 bridgehead atoms. The Kier molecular flexibility index (Phi) is 5.31. The molecule has 0 spiro atoms. The van der Waals surface area contributed by atoms with Gasteiger partial charge in [0.2, 0.25) is 0 Å². The third kappa shape index (κ3) is 4.15. The molecule has 1 aliphatic heterocycles. The van der Waals surface area contributed by atoms with Crippen molar-refractivity contribution in [2.75, 3.05) is 19.7 Å². The Hall–Kier alpha value is -1.20. The highest BCUT2D eigenvalue weighted by Crippen LogP contribution is 2.19. The minimum atomic E-state index is -0.0969. The second-order valence-corrected chi connectivity index (χ2v) is 5.46. The first kappa shape index (κ1) is 15.2. The van der Waals surface area contributed by atoms with Crippen LogP contribution in [0.4, 0.5) is 0 Å². The number of aryl methyl sites for hydroxylation is 1. The van der Waals surface area contributed by atoms with E-state index >= 15 is 0 Å². The number of aromatic nitrogens is 2. The number of nitrogens with zero attached hydrogens (tertiary/aromatic N) is 3. The summed E-state index contributed by atoms with van der Waals surface area (Å²) in [7, 11) is 0. The molecule has 1 aromatic heterocycles. The molecule has 5 nitrogen and oxygen atoms in total. The third-order valence-corrected chi connectivity index (χ3v) is 3.55. The van der Waals surface area contributed by atoms with Gasteiger partial charge in [0.25, 0.3) is 0 Å². The first-order valence-electron chi connectivity index (χ1n) is 6.97. The first-order valence-corrected chi connectivity index (χ1v) is 7.35. The Morgan fingerprint density at radius 1 is 1.55 bits per heavy atom. The quantitative estimate of drug-likeness (QED) is 0.630. The van der Waals surface area contributed by atoms with Crippen molar-refractivity contribution < 1.29 is 9.53 Å². The van der Waals surface area contributed by atoms with Crippen LogP contribution in [-0.4, -0.2) is 40.5 Å². The molecule has 0 unspecified atom stereocenters. The van der Waals surface area contributed by atoms with Crippen molar-refractivity contribution >= 4 is 17.6 Å². The van der Waals surface area contributed by atoms with E-state index in [9.17, 15) is 4.79 Å². The predicted molar refractivity (Wildman–Crippen MR) is 76.4 cm³/mol. The maximum absolute atomic E-state index is 11.8. The molecule has 0 aromatic carbocycles. The number of hydrogen-bond acceptors (Lipinski definition) is 5. The molecule has 0 N–H and O–H groups in total. The fraction of sp³-hybridized carbons (Fsp3) is 0.643. The predicted octanol–water partition coefficient (Wildman–Crippen LogP) is 2.21. The summed E-state index contributed by atoms with van der Waals surface area (Å²) in [5, 5.41) is 0.464. The average Bonchev–Trinajstić information content (AvgIpc) is 2.38. The van der Waals surface area contributed by atoms with Crippen molar-refractivity contribution in [3.63, 3.8) is 0 Å². The van der Waals surface area contributed by atoms with Crippen molar-refractivity contribution in [3.8, 4) is 0 Å². The van der Waals surface area contributed by atoms with E-state index in [2.05, 4.69) is 14.9 Å². The van der Waals surface area contributed by atoms with Gasteiger partial charge in [0.05, 0.1) is 19.1 Å². The summed E-state index contributed by atoms with van der Waals surface area (Å²) in [6.45, 7) is 6.44. The first-order chi connectivity index (χ1) is 9.58. The lowest BCUT2D eigenvalue weighted by atomic mass is 9.98. The maximum Gasteiger partial charge on any atom is 0.310 e. The van der Waals surface area contributed by atoms with E-state index in [1.807, 2.05) is 13.8 Å². The highest BCUT2D eigenvalue weighted by atomic mass is 35.5. The molecule has 1 fully saturated rings. The zero-order valence-electron chi connectivity index (χ0n) is 11.9. The second kappa shape index (κ2) is 6.99. The molecule has 2 rings (SSSR count). The molecular formula is C14H20ClN3O2. The molecule has 1 atom stereocenters.